The highest BCUT2D eigenvalue weighted by molar-refractivity contribution is 7.98. The third-order valence-corrected chi connectivity index (χ3v) is 6.52. The number of rotatable bonds is 10. The van der Waals surface area contributed by atoms with Crippen molar-refractivity contribution in [1.82, 2.24) is 15.1 Å². The van der Waals surface area contributed by atoms with Crippen LogP contribution in [0.1, 0.15) is 28.8 Å². The Balaban J connectivity index is 1.33. The first kappa shape index (κ1) is 22.9. The summed E-state index contributed by atoms with van der Waals surface area (Å²) in [5.74, 6) is 2.82. The second kappa shape index (κ2) is 11.0. The number of nitrogens with one attached hydrogen (secondary N) is 2. The first-order chi connectivity index (χ1) is 16.1. The summed E-state index contributed by atoms with van der Waals surface area (Å²) in [7, 11) is 1.63. The van der Waals surface area contributed by atoms with Gasteiger partial charge in [0.25, 0.3) is 0 Å². The van der Waals surface area contributed by atoms with Gasteiger partial charge in [0.1, 0.15) is 18.1 Å². The molecule has 0 bridgehead atoms. The van der Waals surface area contributed by atoms with Crippen molar-refractivity contribution < 1.29 is 14.3 Å². The van der Waals surface area contributed by atoms with Crippen molar-refractivity contribution in [3.8, 4) is 5.75 Å². The molecule has 3 aromatic rings. The Morgan fingerprint density at radius 1 is 1.00 bits per heavy atom. The molecule has 0 spiro atoms. The van der Waals surface area contributed by atoms with Gasteiger partial charge in [-0.3, -0.25) is 9.59 Å². The molecule has 1 aliphatic rings. The number of hydrogen-bond acceptors (Lipinski definition) is 5. The molecule has 2 heterocycles. The second-order valence-electron chi connectivity index (χ2n) is 7.91. The number of methoxy groups -OCH3 is 1. The van der Waals surface area contributed by atoms with Gasteiger partial charge in [-0.25, -0.2) is 4.68 Å². The van der Waals surface area contributed by atoms with Crippen LogP contribution in [0.25, 0.3) is 0 Å². The Kier molecular flexibility index (Phi) is 7.67. The maximum Gasteiger partial charge on any atom is 0.241 e. The van der Waals surface area contributed by atoms with Crippen molar-refractivity contribution in [3.05, 3.63) is 77.0 Å². The van der Waals surface area contributed by atoms with Gasteiger partial charge in [0.2, 0.25) is 11.8 Å². The third-order valence-electron chi connectivity index (χ3n) is 5.55. The van der Waals surface area contributed by atoms with E-state index in [1.807, 2.05) is 54.6 Å². The molecule has 0 fully saturated rings. The van der Waals surface area contributed by atoms with Gasteiger partial charge in [-0.2, -0.15) is 16.9 Å². The van der Waals surface area contributed by atoms with E-state index in [4.69, 9.17) is 4.74 Å². The van der Waals surface area contributed by atoms with Crippen molar-refractivity contribution in [1.29, 1.82) is 0 Å². The van der Waals surface area contributed by atoms with Gasteiger partial charge in [-0.05, 0) is 36.1 Å². The Morgan fingerprint density at radius 3 is 2.52 bits per heavy atom. The van der Waals surface area contributed by atoms with Crippen molar-refractivity contribution in [2.24, 2.45) is 0 Å². The zero-order chi connectivity index (χ0) is 23.0. The minimum Gasteiger partial charge on any atom is -0.497 e. The number of aromatic nitrogens is 2. The lowest BCUT2D eigenvalue weighted by atomic mass is 10.1. The number of nitrogens with zero attached hydrogens (tertiary/aromatic N) is 2. The van der Waals surface area contributed by atoms with Crippen LogP contribution in [0.3, 0.4) is 0 Å². The zero-order valence-corrected chi connectivity index (χ0v) is 19.5. The van der Waals surface area contributed by atoms with Gasteiger partial charge < -0.3 is 15.4 Å². The number of fused-ring (bicyclic) bond motifs is 1. The summed E-state index contributed by atoms with van der Waals surface area (Å²) < 4.78 is 6.81. The predicted molar refractivity (Wildman–Crippen MR) is 130 cm³/mol. The molecule has 4 rings (SSSR count). The lowest BCUT2D eigenvalue weighted by Crippen LogP contribution is -2.30. The highest BCUT2D eigenvalue weighted by Gasteiger charge is 2.24. The van der Waals surface area contributed by atoms with E-state index < -0.39 is 0 Å². The summed E-state index contributed by atoms with van der Waals surface area (Å²) >= 11 is 1.76. The predicted octanol–water partition coefficient (Wildman–Crippen LogP) is 3.57. The molecule has 1 aliphatic heterocycles. The molecule has 0 unspecified atom stereocenters. The number of thioether (sulfide) groups is 1. The molecule has 33 heavy (non-hydrogen) atoms. The highest BCUT2D eigenvalue weighted by atomic mass is 32.2. The molecule has 7 nitrogen and oxygen atoms in total. The van der Waals surface area contributed by atoms with Crippen molar-refractivity contribution >= 4 is 29.4 Å². The fraction of sp³-hybridized carbons (Fsp3) is 0.320. The van der Waals surface area contributed by atoms with Crippen LogP contribution in [0.15, 0.2) is 54.6 Å². The number of anilines is 1. The normalized spacial score (nSPS) is 12.3. The summed E-state index contributed by atoms with van der Waals surface area (Å²) in [5.41, 5.74) is 4.22. The molecule has 0 saturated heterocycles. The minimum atomic E-state index is -0.117. The lowest BCUT2D eigenvalue weighted by Gasteiger charge is -2.12. The standard InChI is InChI=1S/C25H28N4O3S/c1-32-20-10-7-19(8-11-20)9-12-23(30)27-25-21-16-33-17-22(21)28-29(25)15-24(31)26-14-13-18-5-3-2-4-6-18/h2-8,10-11H,9,12-17H2,1H3,(H,26,31)(H,27,30). The SMILES string of the molecule is COc1ccc(CCC(=O)Nc2c3c(nn2CC(=O)NCCc2ccccc2)CSC3)cc1. The summed E-state index contributed by atoms with van der Waals surface area (Å²) in [6.45, 7) is 0.643. The molecule has 2 aromatic carbocycles. The molecule has 2 amide bonds. The maximum atomic E-state index is 12.7. The fourth-order valence-corrected chi connectivity index (χ4v) is 4.78. The summed E-state index contributed by atoms with van der Waals surface area (Å²) in [6, 6.07) is 17.8. The van der Waals surface area contributed by atoms with Crippen molar-refractivity contribution in [2.45, 2.75) is 37.3 Å². The van der Waals surface area contributed by atoms with Gasteiger partial charge in [0.05, 0.1) is 12.8 Å². The Bertz CT molecular complexity index is 1100. The van der Waals surface area contributed by atoms with E-state index in [-0.39, 0.29) is 18.4 Å². The minimum absolute atomic E-state index is 0.0839. The number of hydrogen-bond donors (Lipinski definition) is 2. The number of ether oxygens (including phenoxy) is 1. The average Bonchev–Trinajstić information content (AvgIpc) is 3.41. The quantitative estimate of drug-likeness (QED) is 0.479. The first-order valence-corrected chi connectivity index (χ1v) is 12.2. The summed E-state index contributed by atoms with van der Waals surface area (Å²) in [4.78, 5) is 25.2. The van der Waals surface area contributed by atoms with Crippen LogP contribution in [0.5, 0.6) is 5.75 Å². The van der Waals surface area contributed by atoms with Gasteiger partial charge in [-0.15, -0.1) is 0 Å². The molecular weight excluding hydrogens is 436 g/mol. The number of carbonyl (C=O) groups is 2. The van der Waals surface area contributed by atoms with Crippen LogP contribution in [0, 0.1) is 0 Å². The van der Waals surface area contributed by atoms with E-state index in [0.29, 0.717) is 25.2 Å². The monoisotopic (exact) mass is 464 g/mol. The van der Waals surface area contributed by atoms with E-state index in [0.717, 1.165) is 40.5 Å². The van der Waals surface area contributed by atoms with Crippen LogP contribution in [-0.2, 0) is 40.5 Å². The van der Waals surface area contributed by atoms with Crippen LogP contribution in [0.4, 0.5) is 5.82 Å². The van der Waals surface area contributed by atoms with E-state index in [1.54, 1.807) is 23.6 Å². The van der Waals surface area contributed by atoms with Gasteiger partial charge in [0.15, 0.2) is 0 Å². The number of benzene rings is 2. The molecule has 2 N–H and O–H groups in total. The van der Waals surface area contributed by atoms with Crippen LogP contribution < -0.4 is 15.4 Å². The average molecular weight is 465 g/mol. The van der Waals surface area contributed by atoms with Crippen molar-refractivity contribution in [3.63, 3.8) is 0 Å². The van der Waals surface area contributed by atoms with Gasteiger partial charge in [-0.1, -0.05) is 42.5 Å². The van der Waals surface area contributed by atoms with Crippen LogP contribution in [0.2, 0.25) is 0 Å². The first-order valence-electron chi connectivity index (χ1n) is 11.0. The summed E-state index contributed by atoms with van der Waals surface area (Å²) in [5, 5.41) is 10.6. The zero-order valence-electron chi connectivity index (χ0n) is 18.7. The second-order valence-corrected chi connectivity index (χ2v) is 8.89. The van der Waals surface area contributed by atoms with E-state index in [2.05, 4.69) is 15.7 Å². The molecule has 172 valence electrons. The van der Waals surface area contributed by atoms with Crippen molar-refractivity contribution in [2.75, 3.05) is 19.0 Å². The van der Waals surface area contributed by atoms with E-state index >= 15 is 0 Å². The third kappa shape index (κ3) is 6.16. The molecule has 0 atom stereocenters. The Morgan fingerprint density at radius 2 is 1.76 bits per heavy atom. The highest BCUT2D eigenvalue weighted by Crippen LogP contribution is 2.34. The van der Waals surface area contributed by atoms with Gasteiger partial charge >= 0.3 is 0 Å². The molecular formula is C25H28N4O3S. The van der Waals surface area contributed by atoms with Crippen LogP contribution in [-0.4, -0.2) is 35.2 Å². The van der Waals surface area contributed by atoms with Crippen LogP contribution >= 0.6 is 11.8 Å². The topological polar surface area (TPSA) is 85.2 Å². The van der Waals surface area contributed by atoms with E-state index in [1.165, 1.54) is 5.56 Å². The van der Waals surface area contributed by atoms with Gasteiger partial charge in [0, 0.05) is 30.0 Å². The fourth-order valence-electron chi connectivity index (χ4n) is 3.75. The lowest BCUT2D eigenvalue weighted by molar-refractivity contribution is -0.122. The molecule has 1 aromatic heterocycles. The largest absolute Gasteiger partial charge is 0.497 e. The molecule has 8 heteroatoms. The Hall–Kier alpha value is -3.26. The smallest absolute Gasteiger partial charge is 0.241 e. The Labute approximate surface area is 197 Å². The molecule has 0 aliphatic carbocycles. The number of amides is 2. The number of aryl methyl sites for hydroxylation is 1. The molecule has 0 saturated carbocycles. The van der Waals surface area contributed by atoms with E-state index in [9.17, 15) is 9.59 Å². The maximum absolute atomic E-state index is 12.7. The molecule has 0 radical (unpaired) electrons. The summed E-state index contributed by atoms with van der Waals surface area (Å²) in [6.07, 6.45) is 1.75. The number of carbonyl (C=O) groups excluding carboxylic acids is 2.